The molecule has 0 radical (unpaired) electrons. The highest BCUT2D eigenvalue weighted by molar-refractivity contribution is 5.87. The number of aliphatic carboxylic acids is 1. The van der Waals surface area contributed by atoms with Crippen molar-refractivity contribution in [1.29, 1.82) is 0 Å². The number of carbonyl (C=O) groups is 2. The van der Waals surface area contributed by atoms with Gasteiger partial charge in [0.25, 0.3) is 0 Å². The Balaban J connectivity index is 0.000000362. The first kappa shape index (κ1) is 16.9. The molecule has 1 rings (SSSR count). The minimum Gasteiger partial charge on any atom is -0.505 e. The fraction of sp³-hybridized carbons (Fsp3) is 0.333. The molecule has 6 nitrogen and oxygen atoms in total. The first-order valence-electron chi connectivity index (χ1n) is 5.29. The van der Waals surface area contributed by atoms with E-state index in [2.05, 4.69) is 0 Å². The molecule has 0 fully saturated rings. The Hall–Kier alpha value is -2.15. The van der Waals surface area contributed by atoms with Crippen LogP contribution in [0, 0.1) is 11.7 Å². The van der Waals surface area contributed by atoms with Crippen LogP contribution < -0.4 is 0 Å². The van der Waals surface area contributed by atoms with Gasteiger partial charge >= 0.3 is 11.9 Å². The van der Waals surface area contributed by atoms with E-state index in [0.717, 1.165) is 18.2 Å². The summed E-state index contributed by atoms with van der Waals surface area (Å²) in [5.41, 5.74) is -0.180. The van der Waals surface area contributed by atoms with Crippen LogP contribution in [0.3, 0.4) is 0 Å². The number of carboxylic acid groups (broad SMARTS) is 2. The highest BCUT2D eigenvalue weighted by atomic mass is 19.1. The number of benzene rings is 1. The zero-order valence-corrected chi connectivity index (χ0v) is 10.4. The highest BCUT2D eigenvalue weighted by Gasteiger charge is 2.16. The van der Waals surface area contributed by atoms with Crippen LogP contribution in [0.2, 0.25) is 0 Å². The van der Waals surface area contributed by atoms with E-state index in [1.54, 1.807) is 13.8 Å². The normalized spacial score (nSPS) is 11.4. The van der Waals surface area contributed by atoms with Crippen molar-refractivity contribution in [3.63, 3.8) is 0 Å². The van der Waals surface area contributed by atoms with Crippen molar-refractivity contribution in [2.24, 2.45) is 5.92 Å². The molecular weight excluding hydrogens is 259 g/mol. The smallest absolute Gasteiger partial charge is 0.335 e. The van der Waals surface area contributed by atoms with Gasteiger partial charge in [-0.15, -0.1) is 0 Å². The van der Waals surface area contributed by atoms with E-state index < -0.39 is 29.6 Å². The molecule has 1 aromatic carbocycles. The number of aliphatic hydroxyl groups excluding tert-OH is 1. The zero-order valence-electron chi connectivity index (χ0n) is 10.4. The van der Waals surface area contributed by atoms with Crippen molar-refractivity contribution in [3.8, 4) is 5.75 Å². The van der Waals surface area contributed by atoms with E-state index >= 15 is 0 Å². The van der Waals surface area contributed by atoms with Gasteiger partial charge in [-0.3, -0.25) is 0 Å². The van der Waals surface area contributed by atoms with Gasteiger partial charge in [-0.05, 0) is 24.1 Å². The number of aliphatic hydroxyl groups is 1. The van der Waals surface area contributed by atoms with Crippen molar-refractivity contribution >= 4 is 11.9 Å². The highest BCUT2D eigenvalue weighted by Crippen LogP contribution is 2.15. The summed E-state index contributed by atoms with van der Waals surface area (Å²) >= 11 is 0. The van der Waals surface area contributed by atoms with Gasteiger partial charge in [-0.25, -0.2) is 14.0 Å². The molecule has 1 atom stereocenters. The summed E-state index contributed by atoms with van der Waals surface area (Å²) in [6.45, 7) is 3.30. The topological polar surface area (TPSA) is 115 Å². The van der Waals surface area contributed by atoms with Gasteiger partial charge in [0.1, 0.15) is 0 Å². The molecule has 1 aromatic rings. The molecule has 0 aliphatic heterocycles. The Labute approximate surface area is 108 Å². The van der Waals surface area contributed by atoms with Gasteiger partial charge in [0.05, 0.1) is 5.56 Å². The molecule has 0 aromatic heterocycles. The number of phenols is 1. The van der Waals surface area contributed by atoms with Gasteiger partial charge in [-0.1, -0.05) is 13.8 Å². The molecule has 19 heavy (non-hydrogen) atoms. The summed E-state index contributed by atoms with van der Waals surface area (Å²) in [5.74, 6) is -4.05. The molecule has 4 N–H and O–H groups in total. The largest absolute Gasteiger partial charge is 0.505 e. The first-order chi connectivity index (χ1) is 8.66. The summed E-state index contributed by atoms with van der Waals surface area (Å²) in [6, 6.07) is 2.89. The lowest BCUT2D eigenvalue weighted by molar-refractivity contribution is -0.148. The second kappa shape index (κ2) is 7.32. The molecular formula is C12H15FO6. The molecule has 0 saturated heterocycles. The van der Waals surface area contributed by atoms with E-state index in [9.17, 15) is 14.0 Å². The predicted molar refractivity (Wildman–Crippen MR) is 63.5 cm³/mol. The molecule has 0 amide bonds. The van der Waals surface area contributed by atoms with Crippen LogP contribution in [-0.2, 0) is 4.79 Å². The van der Waals surface area contributed by atoms with Crippen LogP contribution in [0.1, 0.15) is 24.2 Å². The first-order valence-corrected chi connectivity index (χ1v) is 5.29. The van der Waals surface area contributed by atoms with E-state index in [4.69, 9.17) is 20.4 Å². The van der Waals surface area contributed by atoms with Gasteiger partial charge < -0.3 is 20.4 Å². The average molecular weight is 274 g/mol. The average Bonchev–Trinajstić information content (AvgIpc) is 2.31. The van der Waals surface area contributed by atoms with E-state index in [1.807, 2.05) is 0 Å². The minimum absolute atomic E-state index is 0.180. The number of phenolic OH excluding ortho intramolecular Hbond substituents is 1. The second-order valence-corrected chi connectivity index (χ2v) is 4.00. The molecule has 0 aliphatic rings. The van der Waals surface area contributed by atoms with Crippen molar-refractivity contribution in [2.75, 3.05) is 0 Å². The lowest BCUT2D eigenvalue weighted by Crippen LogP contribution is -2.25. The number of aromatic hydroxyl groups is 1. The molecule has 0 heterocycles. The zero-order chi connectivity index (χ0) is 15.2. The van der Waals surface area contributed by atoms with Crippen molar-refractivity contribution in [3.05, 3.63) is 29.6 Å². The maximum absolute atomic E-state index is 12.4. The molecule has 7 heteroatoms. The van der Waals surface area contributed by atoms with Crippen molar-refractivity contribution in [2.45, 2.75) is 20.0 Å². The van der Waals surface area contributed by atoms with Gasteiger partial charge in [-0.2, -0.15) is 0 Å². The van der Waals surface area contributed by atoms with Gasteiger partial charge in [0.15, 0.2) is 17.7 Å². The summed E-state index contributed by atoms with van der Waals surface area (Å²) in [5, 5.41) is 33.7. The molecule has 0 bridgehead atoms. The van der Waals surface area contributed by atoms with E-state index in [1.165, 1.54) is 0 Å². The van der Waals surface area contributed by atoms with Crippen LogP contribution in [0.5, 0.6) is 5.75 Å². The van der Waals surface area contributed by atoms with Gasteiger partial charge in [0.2, 0.25) is 0 Å². The maximum Gasteiger partial charge on any atom is 0.335 e. The number of rotatable bonds is 3. The molecule has 106 valence electrons. The number of halogens is 1. The molecule has 0 spiro atoms. The fourth-order valence-corrected chi connectivity index (χ4v) is 0.925. The quantitative estimate of drug-likeness (QED) is 0.660. The Bertz CT molecular complexity index is 458. The Kier molecular flexibility index (Phi) is 6.49. The summed E-state index contributed by atoms with van der Waals surface area (Å²) in [7, 11) is 0. The van der Waals surface area contributed by atoms with Crippen molar-refractivity contribution < 1.29 is 34.4 Å². The Morgan fingerprint density at radius 2 is 1.74 bits per heavy atom. The third kappa shape index (κ3) is 5.82. The van der Waals surface area contributed by atoms with Crippen LogP contribution in [0.4, 0.5) is 4.39 Å². The molecule has 1 unspecified atom stereocenters. The fourth-order valence-electron chi connectivity index (χ4n) is 0.925. The van der Waals surface area contributed by atoms with Crippen molar-refractivity contribution in [1.82, 2.24) is 0 Å². The Morgan fingerprint density at radius 3 is 2.00 bits per heavy atom. The third-order valence-electron chi connectivity index (χ3n) is 2.08. The van der Waals surface area contributed by atoms with E-state index in [0.29, 0.717) is 0 Å². The van der Waals surface area contributed by atoms with Gasteiger partial charge in [0, 0.05) is 0 Å². The van der Waals surface area contributed by atoms with Crippen LogP contribution in [0.15, 0.2) is 18.2 Å². The third-order valence-corrected chi connectivity index (χ3v) is 2.08. The summed E-state index contributed by atoms with van der Waals surface area (Å²) in [4.78, 5) is 20.1. The lowest BCUT2D eigenvalue weighted by Gasteiger charge is -2.06. The molecule has 0 aliphatic carbocycles. The van der Waals surface area contributed by atoms with Crippen LogP contribution in [0.25, 0.3) is 0 Å². The lowest BCUT2D eigenvalue weighted by atomic mass is 10.1. The number of hydrogen-bond donors (Lipinski definition) is 4. The number of aromatic carboxylic acids is 1. The maximum atomic E-state index is 12.4. The van der Waals surface area contributed by atoms with Crippen LogP contribution >= 0.6 is 0 Å². The molecule has 0 saturated carbocycles. The standard InChI is InChI=1S/C7H5FO3.C5H10O3/c8-5-3-4(7(10)11)1-2-6(5)9;1-3(2)4(6)5(7)8/h1-3,9H,(H,10,11);3-4,6H,1-2H3,(H,7,8). The number of hydrogen-bond acceptors (Lipinski definition) is 4. The Morgan fingerprint density at radius 1 is 1.21 bits per heavy atom. The number of carboxylic acids is 2. The van der Waals surface area contributed by atoms with E-state index in [-0.39, 0.29) is 11.5 Å². The second-order valence-electron chi connectivity index (χ2n) is 4.00. The predicted octanol–water partition coefficient (Wildman–Crippen LogP) is 1.32. The SMILES string of the molecule is CC(C)C(O)C(=O)O.O=C(O)c1ccc(O)c(F)c1. The minimum atomic E-state index is -1.22. The summed E-state index contributed by atoms with van der Waals surface area (Å²) in [6.07, 6.45) is -1.21. The monoisotopic (exact) mass is 274 g/mol. The summed E-state index contributed by atoms with van der Waals surface area (Å²) < 4.78 is 12.4. The van der Waals surface area contributed by atoms with Crippen LogP contribution in [-0.4, -0.2) is 38.5 Å².